The fourth-order valence-corrected chi connectivity index (χ4v) is 4.92. The van der Waals surface area contributed by atoms with Crippen LogP contribution in [0.2, 0.25) is 0 Å². The number of ether oxygens (including phenoxy) is 1. The first-order valence-corrected chi connectivity index (χ1v) is 11.5. The summed E-state index contributed by atoms with van der Waals surface area (Å²) in [6.07, 6.45) is 3.34. The van der Waals surface area contributed by atoms with Gasteiger partial charge in [-0.1, -0.05) is 61.4 Å². The molecule has 1 saturated carbocycles. The summed E-state index contributed by atoms with van der Waals surface area (Å²) in [5.41, 5.74) is -0.432. The Morgan fingerprint density at radius 3 is 2.41 bits per heavy atom. The van der Waals surface area contributed by atoms with E-state index in [0.717, 1.165) is 19.3 Å². The summed E-state index contributed by atoms with van der Waals surface area (Å²) < 4.78 is 20.4. The van der Waals surface area contributed by atoms with Crippen molar-refractivity contribution in [1.29, 1.82) is 0 Å². The monoisotopic (exact) mass is 463 g/mol. The molecule has 6 heteroatoms. The van der Waals surface area contributed by atoms with Crippen LogP contribution in [0.15, 0.2) is 66.7 Å². The van der Waals surface area contributed by atoms with Gasteiger partial charge in [0.2, 0.25) is 0 Å². The number of phenols is 1. The minimum atomic E-state index is -1.12. The molecule has 4 rings (SSSR count). The van der Waals surface area contributed by atoms with Crippen LogP contribution in [0.3, 0.4) is 0 Å². The topological polar surface area (TPSA) is 70.0 Å². The first-order chi connectivity index (χ1) is 16.2. The Kier molecular flexibility index (Phi) is 6.47. The number of carbonyl (C=O) groups is 1. The molecule has 1 aliphatic rings. The van der Waals surface area contributed by atoms with Gasteiger partial charge in [0.05, 0.1) is 5.54 Å². The highest BCUT2D eigenvalue weighted by Crippen LogP contribution is 2.47. The number of nitrogens with zero attached hydrogens (tertiary/aromatic N) is 1. The molecule has 1 fully saturated rings. The SMILES string of the molecule is CN(C)C1(C)CCCCC1(O)c1cccc(OC(=O)c2ccc(-c3ccccc3)c(F)c2O)c1. The average Bonchev–Trinajstić information content (AvgIpc) is 2.83. The predicted molar refractivity (Wildman–Crippen MR) is 129 cm³/mol. The molecule has 0 aliphatic heterocycles. The van der Waals surface area contributed by atoms with Crippen molar-refractivity contribution in [3.63, 3.8) is 0 Å². The van der Waals surface area contributed by atoms with Crippen LogP contribution in [0.1, 0.15) is 48.5 Å². The fraction of sp³-hybridized carbons (Fsp3) is 0.321. The summed E-state index contributed by atoms with van der Waals surface area (Å²) in [6, 6.07) is 18.4. The molecule has 0 aromatic heterocycles. The third kappa shape index (κ3) is 4.08. The maximum atomic E-state index is 14.9. The normalized spacial score (nSPS) is 22.5. The smallest absolute Gasteiger partial charge is 0.347 e. The predicted octanol–water partition coefficient (Wildman–Crippen LogP) is 5.50. The summed E-state index contributed by atoms with van der Waals surface area (Å²) in [6.45, 7) is 2.04. The van der Waals surface area contributed by atoms with Gasteiger partial charge in [-0.05, 0) is 63.2 Å². The molecule has 3 aromatic carbocycles. The van der Waals surface area contributed by atoms with Crippen LogP contribution in [-0.4, -0.2) is 40.7 Å². The number of aliphatic hydroxyl groups is 1. The third-order valence-electron chi connectivity index (χ3n) is 7.27. The van der Waals surface area contributed by atoms with Crippen LogP contribution in [0, 0.1) is 5.82 Å². The van der Waals surface area contributed by atoms with E-state index in [4.69, 9.17) is 4.74 Å². The van der Waals surface area contributed by atoms with E-state index in [1.54, 1.807) is 42.5 Å². The van der Waals surface area contributed by atoms with Crippen molar-refractivity contribution in [3.05, 3.63) is 83.7 Å². The average molecular weight is 464 g/mol. The Labute approximate surface area is 199 Å². The number of rotatable bonds is 5. The molecule has 0 bridgehead atoms. The van der Waals surface area contributed by atoms with Gasteiger partial charge in [-0.2, -0.15) is 0 Å². The summed E-state index contributed by atoms with van der Waals surface area (Å²) in [5.74, 6) is -2.30. The molecule has 2 N–H and O–H groups in total. The Bertz CT molecular complexity index is 1200. The van der Waals surface area contributed by atoms with E-state index in [2.05, 4.69) is 0 Å². The second-order valence-electron chi connectivity index (χ2n) is 9.34. The molecule has 5 nitrogen and oxygen atoms in total. The number of benzene rings is 3. The number of esters is 1. The largest absolute Gasteiger partial charge is 0.504 e. The molecule has 0 radical (unpaired) electrons. The standard InChI is InChI=1S/C28H30FNO4/c1-27(30(2)3)16-7-8-17-28(27,33)20-12-9-13-21(18-20)34-26(32)23-15-14-22(24(29)25(23)31)19-10-5-4-6-11-19/h4-6,9-15,18,31,33H,7-8,16-17H2,1-3H3. The minimum absolute atomic E-state index is 0.194. The number of halogens is 1. The summed E-state index contributed by atoms with van der Waals surface area (Å²) in [5, 5.41) is 22.2. The lowest BCUT2D eigenvalue weighted by molar-refractivity contribution is -0.123. The van der Waals surface area contributed by atoms with E-state index in [1.165, 1.54) is 12.1 Å². The Morgan fingerprint density at radius 2 is 1.71 bits per heavy atom. The van der Waals surface area contributed by atoms with Crippen molar-refractivity contribution in [1.82, 2.24) is 4.90 Å². The van der Waals surface area contributed by atoms with Crippen molar-refractivity contribution in [2.24, 2.45) is 0 Å². The van der Waals surface area contributed by atoms with Crippen molar-refractivity contribution in [3.8, 4) is 22.6 Å². The van der Waals surface area contributed by atoms with Crippen LogP contribution < -0.4 is 4.74 Å². The van der Waals surface area contributed by atoms with Crippen LogP contribution >= 0.6 is 0 Å². The van der Waals surface area contributed by atoms with Gasteiger partial charge in [-0.15, -0.1) is 0 Å². The van der Waals surface area contributed by atoms with Gasteiger partial charge in [0.25, 0.3) is 0 Å². The molecule has 0 heterocycles. The molecule has 3 aromatic rings. The number of phenolic OH excluding ortho intramolecular Hbond substituents is 1. The van der Waals surface area contributed by atoms with Gasteiger partial charge in [-0.3, -0.25) is 0 Å². The molecular weight excluding hydrogens is 433 g/mol. The number of hydrogen-bond donors (Lipinski definition) is 2. The van der Waals surface area contributed by atoms with Gasteiger partial charge in [-0.25, -0.2) is 9.18 Å². The highest BCUT2D eigenvalue weighted by Gasteiger charge is 2.51. The molecule has 0 saturated heterocycles. The molecule has 34 heavy (non-hydrogen) atoms. The number of aromatic hydroxyl groups is 1. The van der Waals surface area contributed by atoms with Gasteiger partial charge >= 0.3 is 5.97 Å². The minimum Gasteiger partial charge on any atom is -0.504 e. The highest BCUT2D eigenvalue weighted by molar-refractivity contribution is 5.95. The second kappa shape index (κ2) is 9.20. The zero-order valence-corrected chi connectivity index (χ0v) is 19.7. The zero-order valence-electron chi connectivity index (χ0n) is 19.7. The van der Waals surface area contributed by atoms with Gasteiger partial charge in [0.15, 0.2) is 11.6 Å². The number of hydrogen-bond acceptors (Lipinski definition) is 5. The van der Waals surface area contributed by atoms with Crippen LogP contribution in [0.25, 0.3) is 11.1 Å². The molecular formula is C28H30FNO4. The summed E-state index contributed by atoms with van der Waals surface area (Å²) in [7, 11) is 3.91. The first-order valence-electron chi connectivity index (χ1n) is 11.5. The number of carbonyl (C=O) groups excluding carboxylic acids is 1. The van der Waals surface area contributed by atoms with E-state index in [9.17, 15) is 19.4 Å². The highest BCUT2D eigenvalue weighted by atomic mass is 19.1. The molecule has 0 spiro atoms. The molecule has 0 amide bonds. The van der Waals surface area contributed by atoms with E-state index < -0.39 is 28.7 Å². The summed E-state index contributed by atoms with van der Waals surface area (Å²) >= 11 is 0. The van der Waals surface area contributed by atoms with Crippen LogP contribution in [-0.2, 0) is 5.60 Å². The van der Waals surface area contributed by atoms with E-state index >= 15 is 0 Å². The summed E-state index contributed by atoms with van der Waals surface area (Å²) in [4.78, 5) is 14.9. The molecule has 2 unspecified atom stereocenters. The van der Waals surface area contributed by atoms with E-state index in [-0.39, 0.29) is 16.9 Å². The van der Waals surface area contributed by atoms with Crippen molar-refractivity contribution >= 4 is 5.97 Å². The molecule has 2 atom stereocenters. The van der Waals surface area contributed by atoms with Crippen molar-refractivity contribution in [2.75, 3.05) is 14.1 Å². The molecule has 1 aliphatic carbocycles. The third-order valence-corrected chi connectivity index (χ3v) is 7.27. The lowest BCUT2D eigenvalue weighted by Gasteiger charge is -2.52. The molecule has 178 valence electrons. The first kappa shape index (κ1) is 23.9. The Balaban J connectivity index is 1.62. The zero-order chi connectivity index (χ0) is 24.5. The van der Waals surface area contributed by atoms with E-state index in [1.807, 2.05) is 38.1 Å². The Morgan fingerprint density at radius 1 is 1.00 bits per heavy atom. The number of likely N-dealkylation sites (N-methyl/N-ethyl adjacent to an activating group) is 1. The van der Waals surface area contributed by atoms with Crippen LogP contribution in [0.5, 0.6) is 11.5 Å². The van der Waals surface area contributed by atoms with Gasteiger partial charge in [0, 0.05) is 5.56 Å². The second-order valence-corrected chi connectivity index (χ2v) is 9.34. The fourth-order valence-electron chi connectivity index (χ4n) is 4.92. The quantitative estimate of drug-likeness (QED) is 0.386. The lowest BCUT2D eigenvalue weighted by atomic mass is 9.66. The van der Waals surface area contributed by atoms with Crippen LogP contribution in [0.4, 0.5) is 4.39 Å². The van der Waals surface area contributed by atoms with Gasteiger partial charge < -0.3 is 19.8 Å². The van der Waals surface area contributed by atoms with Gasteiger partial charge in [0.1, 0.15) is 16.9 Å². The maximum Gasteiger partial charge on any atom is 0.347 e. The maximum absolute atomic E-state index is 14.9. The Hall–Kier alpha value is -3.22. The van der Waals surface area contributed by atoms with E-state index in [0.29, 0.717) is 17.5 Å². The lowest BCUT2D eigenvalue weighted by Crippen LogP contribution is -2.59. The van der Waals surface area contributed by atoms with Crippen molar-refractivity contribution in [2.45, 2.75) is 43.7 Å². The van der Waals surface area contributed by atoms with Crippen molar-refractivity contribution < 1.29 is 24.1 Å².